The van der Waals surface area contributed by atoms with Crippen LogP contribution in [-0.4, -0.2) is 23.0 Å². The number of hydrogen-bond acceptors (Lipinski definition) is 3. The number of nitrogens with zero attached hydrogens (tertiary/aromatic N) is 3. The van der Waals surface area contributed by atoms with Crippen LogP contribution in [0.4, 0.5) is 0 Å². The van der Waals surface area contributed by atoms with E-state index in [0.29, 0.717) is 17.5 Å². The minimum atomic E-state index is -1.31. The average Bonchev–Trinajstić information content (AvgIpc) is 3.26. The van der Waals surface area contributed by atoms with Crippen molar-refractivity contribution >= 4 is 24.0 Å². The van der Waals surface area contributed by atoms with Gasteiger partial charge in [-0.05, 0) is 73.5 Å². The summed E-state index contributed by atoms with van der Waals surface area (Å²) in [5.74, 6) is 1.94. The smallest absolute Gasteiger partial charge is 0.164 e. The lowest BCUT2D eigenvalue weighted by Gasteiger charge is -2.16. The molecule has 0 bridgehead atoms. The molecule has 0 aliphatic carbocycles. The fraction of sp³-hybridized carbons (Fsp3) is 0.0577. The zero-order valence-electron chi connectivity index (χ0n) is 31.8. The van der Waals surface area contributed by atoms with Gasteiger partial charge >= 0.3 is 0 Å². The van der Waals surface area contributed by atoms with E-state index in [1.54, 1.807) is 0 Å². The molecular weight excluding hydrogens is 695 g/mol. The molecule has 0 saturated heterocycles. The highest BCUT2D eigenvalue weighted by Crippen LogP contribution is 2.33. The maximum atomic E-state index is 5.05. The second-order valence-corrected chi connectivity index (χ2v) is 20.5. The molecule has 0 aliphatic rings. The minimum Gasteiger partial charge on any atom is -0.208 e. The summed E-state index contributed by atoms with van der Waals surface area (Å²) in [5, 5.41) is 3.82. The van der Waals surface area contributed by atoms with Gasteiger partial charge in [-0.15, -0.1) is 0 Å². The lowest BCUT2D eigenvalue weighted by molar-refractivity contribution is 1.07. The topological polar surface area (TPSA) is 38.7 Å². The normalized spacial score (nSPS) is 11.5. The van der Waals surface area contributed by atoms with Gasteiger partial charge in [-0.2, -0.15) is 0 Å². The van der Waals surface area contributed by atoms with Crippen LogP contribution in [0.1, 0.15) is 0 Å². The molecule has 0 radical (unpaired) electrons. The first-order valence-electron chi connectivity index (χ1n) is 19.2. The van der Waals surface area contributed by atoms with Crippen LogP contribution >= 0.6 is 0 Å². The van der Waals surface area contributed by atoms with Crippen molar-refractivity contribution in [3.63, 3.8) is 0 Å². The second-order valence-electron chi connectivity index (χ2n) is 15.4. The van der Waals surface area contributed by atoms with Gasteiger partial charge < -0.3 is 0 Å². The Balaban J connectivity index is 0.989. The van der Waals surface area contributed by atoms with Crippen molar-refractivity contribution in [1.82, 2.24) is 15.0 Å². The molecule has 0 spiro atoms. The van der Waals surface area contributed by atoms with E-state index in [1.807, 2.05) is 30.3 Å². The van der Waals surface area contributed by atoms with E-state index in [4.69, 9.17) is 15.0 Å². The number of rotatable bonds is 8. The first-order valence-corrected chi connectivity index (χ1v) is 22.7. The highest BCUT2D eigenvalue weighted by atomic mass is 28.3. The molecular formula is C52H41N3Si. The molecule has 0 unspecified atom stereocenters. The summed E-state index contributed by atoms with van der Waals surface area (Å²) in [6.45, 7) is 7.17. The molecule has 8 aromatic carbocycles. The van der Waals surface area contributed by atoms with Crippen molar-refractivity contribution < 1.29 is 0 Å². The van der Waals surface area contributed by atoms with Gasteiger partial charge in [0.25, 0.3) is 0 Å². The molecule has 0 aliphatic heterocycles. The Morgan fingerprint density at radius 1 is 0.268 bits per heavy atom. The number of fused-ring (bicyclic) bond motifs is 1. The molecule has 56 heavy (non-hydrogen) atoms. The number of benzene rings is 8. The Labute approximate surface area is 330 Å². The summed E-state index contributed by atoms with van der Waals surface area (Å²) in [6.07, 6.45) is 0. The molecule has 0 atom stereocenters. The van der Waals surface area contributed by atoms with Crippen LogP contribution < -0.4 is 5.19 Å². The van der Waals surface area contributed by atoms with Crippen LogP contribution in [0, 0.1) is 0 Å². The molecule has 268 valence electrons. The van der Waals surface area contributed by atoms with E-state index in [-0.39, 0.29) is 0 Å². The molecule has 1 heterocycles. The zero-order valence-corrected chi connectivity index (χ0v) is 32.8. The van der Waals surface area contributed by atoms with Gasteiger partial charge in [0, 0.05) is 16.7 Å². The fourth-order valence-corrected chi connectivity index (χ4v) is 8.43. The van der Waals surface area contributed by atoms with E-state index in [9.17, 15) is 0 Å². The van der Waals surface area contributed by atoms with Gasteiger partial charge in [0.05, 0.1) is 8.07 Å². The summed E-state index contributed by atoms with van der Waals surface area (Å²) < 4.78 is 0. The quantitative estimate of drug-likeness (QED) is 0.146. The Kier molecular flexibility index (Phi) is 9.26. The Hall–Kier alpha value is -6.75. The monoisotopic (exact) mass is 735 g/mol. The highest BCUT2D eigenvalue weighted by Gasteiger charge is 2.16. The molecule has 9 aromatic rings. The first-order chi connectivity index (χ1) is 27.3. The second kappa shape index (κ2) is 14.8. The predicted molar refractivity (Wildman–Crippen MR) is 238 cm³/mol. The molecule has 0 amide bonds. The van der Waals surface area contributed by atoms with Crippen LogP contribution in [-0.2, 0) is 0 Å². The maximum absolute atomic E-state index is 5.05. The van der Waals surface area contributed by atoms with Gasteiger partial charge in [0.2, 0.25) is 0 Å². The van der Waals surface area contributed by atoms with Crippen LogP contribution in [0.25, 0.3) is 89.4 Å². The van der Waals surface area contributed by atoms with Gasteiger partial charge in [-0.25, -0.2) is 15.0 Å². The lowest BCUT2D eigenvalue weighted by Crippen LogP contribution is -2.37. The fourth-order valence-electron chi connectivity index (χ4n) is 7.27. The molecule has 0 fully saturated rings. The Morgan fingerprint density at radius 2 is 0.625 bits per heavy atom. The van der Waals surface area contributed by atoms with E-state index >= 15 is 0 Å². The molecule has 1 aromatic heterocycles. The van der Waals surface area contributed by atoms with Crippen molar-refractivity contribution in [2.45, 2.75) is 19.6 Å². The van der Waals surface area contributed by atoms with Crippen molar-refractivity contribution in [1.29, 1.82) is 0 Å². The zero-order chi connectivity index (χ0) is 38.1. The Morgan fingerprint density at radius 3 is 1.16 bits per heavy atom. The summed E-state index contributed by atoms with van der Waals surface area (Å²) in [7, 11) is -1.31. The van der Waals surface area contributed by atoms with Crippen LogP contribution in [0.3, 0.4) is 0 Å². The summed E-state index contributed by atoms with van der Waals surface area (Å²) >= 11 is 0. The van der Waals surface area contributed by atoms with E-state index in [2.05, 4.69) is 183 Å². The van der Waals surface area contributed by atoms with Crippen LogP contribution in [0.5, 0.6) is 0 Å². The molecule has 4 heteroatoms. The summed E-state index contributed by atoms with van der Waals surface area (Å²) in [4.78, 5) is 15.0. The van der Waals surface area contributed by atoms with Gasteiger partial charge in [-0.3, -0.25) is 0 Å². The molecule has 3 nitrogen and oxygen atoms in total. The number of aromatic nitrogens is 3. The standard InChI is InChI=1S/C52H41N3Si/c1-56(2,3)49-31-29-40(30-32-49)39-21-19-37(20-22-39)38-23-25-41(26-24-38)44-15-9-16-45(33-44)46-17-10-18-47(35-46)51-53-50(42-12-5-4-6-13-42)54-52(55-51)48-28-27-36-11-7-8-14-43(36)34-48/h4-35H,1-3H3. The predicted octanol–water partition coefficient (Wildman–Crippen LogP) is 13.2. The van der Waals surface area contributed by atoms with Crippen LogP contribution in [0.2, 0.25) is 19.6 Å². The van der Waals surface area contributed by atoms with Gasteiger partial charge in [-0.1, -0.05) is 201 Å². The third kappa shape index (κ3) is 7.35. The van der Waals surface area contributed by atoms with E-state index in [0.717, 1.165) is 33.2 Å². The first kappa shape index (κ1) is 35.0. The minimum absolute atomic E-state index is 0.642. The van der Waals surface area contributed by atoms with Crippen molar-refractivity contribution in [3.8, 4) is 78.7 Å². The molecule has 0 saturated carbocycles. The molecule has 0 N–H and O–H groups in total. The largest absolute Gasteiger partial charge is 0.208 e. The third-order valence-corrected chi connectivity index (χ3v) is 12.6. The maximum Gasteiger partial charge on any atom is 0.164 e. The van der Waals surface area contributed by atoms with Crippen molar-refractivity contribution in [2.75, 3.05) is 0 Å². The van der Waals surface area contributed by atoms with Crippen molar-refractivity contribution in [3.05, 3.63) is 194 Å². The summed E-state index contributed by atoms with van der Waals surface area (Å²) in [5.41, 5.74) is 12.3. The molecule has 9 rings (SSSR count). The highest BCUT2D eigenvalue weighted by molar-refractivity contribution is 6.88. The number of hydrogen-bond donors (Lipinski definition) is 0. The Bertz CT molecular complexity index is 2800. The summed E-state index contributed by atoms with van der Waals surface area (Å²) in [6, 6.07) is 69.0. The van der Waals surface area contributed by atoms with Gasteiger partial charge in [0.15, 0.2) is 17.5 Å². The van der Waals surface area contributed by atoms with E-state index in [1.165, 1.54) is 44.0 Å². The average molecular weight is 736 g/mol. The third-order valence-electron chi connectivity index (χ3n) is 10.5. The SMILES string of the molecule is C[Si](C)(C)c1ccc(-c2ccc(-c3ccc(-c4cccc(-c5cccc(-c6nc(-c7ccccc7)nc(-c7ccc8ccccc8c7)n6)c5)c4)cc3)cc2)cc1. The van der Waals surface area contributed by atoms with Crippen molar-refractivity contribution in [2.24, 2.45) is 0 Å². The van der Waals surface area contributed by atoms with Gasteiger partial charge in [0.1, 0.15) is 0 Å². The van der Waals surface area contributed by atoms with Crippen LogP contribution in [0.15, 0.2) is 194 Å². The lowest BCUT2D eigenvalue weighted by atomic mass is 9.96. The van der Waals surface area contributed by atoms with E-state index < -0.39 is 8.07 Å².